The van der Waals surface area contributed by atoms with Gasteiger partial charge in [-0.25, -0.2) is 4.79 Å². The highest BCUT2D eigenvalue weighted by atomic mass is 16.5. The molecule has 0 bridgehead atoms. The summed E-state index contributed by atoms with van der Waals surface area (Å²) in [6.07, 6.45) is 3.86. The van der Waals surface area contributed by atoms with Crippen molar-refractivity contribution < 1.29 is 19.1 Å². The van der Waals surface area contributed by atoms with Gasteiger partial charge in [-0.05, 0) is 24.1 Å². The second kappa shape index (κ2) is 7.26. The molecular formula is C29H23NO4. The maximum absolute atomic E-state index is 14.3. The molecule has 0 unspecified atom stereocenters. The van der Waals surface area contributed by atoms with E-state index >= 15 is 0 Å². The number of ketones is 2. The first-order valence-corrected chi connectivity index (χ1v) is 11.4. The minimum absolute atomic E-state index is 0.232. The number of anilines is 1. The van der Waals surface area contributed by atoms with Gasteiger partial charge in [-0.1, -0.05) is 84.4 Å². The summed E-state index contributed by atoms with van der Waals surface area (Å²) in [7, 11) is 1.35. The minimum Gasteiger partial charge on any atom is -0.467 e. The fourth-order valence-corrected chi connectivity index (χ4v) is 6.16. The topological polar surface area (TPSA) is 63.7 Å². The van der Waals surface area contributed by atoms with Crippen LogP contribution in [-0.2, 0) is 9.53 Å². The summed E-state index contributed by atoms with van der Waals surface area (Å²) in [6, 6.07) is 21.0. The molecule has 1 spiro atoms. The second-order valence-corrected chi connectivity index (χ2v) is 9.20. The fourth-order valence-electron chi connectivity index (χ4n) is 6.16. The number of para-hydroxylation sites is 1. The van der Waals surface area contributed by atoms with Gasteiger partial charge in [0.15, 0.2) is 11.6 Å². The third-order valence-corrected chi connectivity index (χ3v) is 7.59. The minimum atomic E-state index is -1.47. The Kier molecular flexibility index (Phi) is 4.40. The van der Waals surface area contributed by atoms with Crippen molar-refractivity contribution in [3.05, 3.63) is 107 Å². The lowest BCUT2D eigenvalue weighted by molar-refractivity contribution is -0.142. The summed E-state index contributed by atoms with van der Waals surface area (Å²) in [4.78, 5) is 43.9. The van der Waals surface area contributed by atoms with Gasteiger partial charge in [0.05, 0.1) is 13.2 Å². The summed E-state index contributed by atoms with van der Waals surface area (Å²) < 4.78 is 5.30. The van der Waals surface area contributed by atoms with Gasteiger partial charge < -0.3 is 9.64 Å². The summed E-state index contributed by atoms with van der Waals surface area (Å²) in [5, 5.41) is 0. The predicted molar refractivity (Wildman–Crippen MR) is 129 cm³/mol. The van der Waals surface area contributed by atoms with Crippen molar-refractivity contribution >= 4 is 29.3 Å². The highest BCUT2D eigenvalue weighted by molar-refractivity contribution is 6.32. The number of ether oxygens (including phenoxy) is 1. The van der Waals surface area contributed by atoms with Crippen LogP contribution in [0.3, 0.4) is 0 Å². The first-order chi connectivity index (χ1) is 16.5. The Morgan fingerprint density at radius 2 is 1.50 bits per heavy atom. The van der Waals surface area contributed by atoms with Crippen LogP contribution in [0.5, 0.6) is 0 Å². The Labute approximate surface area is 197 Å². The second-order valence-electron chi connectivity index (χ2n) is 9.20. The number of hydrogen-bond acceptors (Lipinski definition) is 5. The van der Waals surface area contributed by atoms with E-state index < -0.39 is 29.4 Å². The molecule has 1 saturated heterocycles. The highest BCUT2D eigenvalue weighted by Crippen LogP contribution is 2.60. The molecule has 5 nitrogen and oxygen atoms in total. The molecule has 168 valence electrons. The van der Waals surface area contributed by atoms with E-state index in [0.29, 0.717) is 11.1 Å². The maximum atomic E-state index is 14.3. The van der Waals surface area contributed by atoms with Crippen molar-refractivity contribution in [3.8, 4) is 0 Å². The molecule has 3 aromatic carbocycles. The van der Waals surface area contributed by atoms with Gasteiger partial charge in [-0.2, -0.15) is 0 Å². The van der Waals surface area contributed by atoms with E-state index in [9.17, 15) is 14.4 Å². The molecule has 34 heavy (non-hydrogen) atoms. The van der Waals surface area contributed by atoms with Crippen molar-refractivity contribution in [1.29, 1.82) is 0 Å². The van der Waals surface area contributed by atoms with Gasteiger partial charge in [0.1, 0.15) is 11.5 Å². The zero-order chi connectivity index (χ0) is 23.6. The summed E-state index contributed by atoms with van der Waals surface area (Å²) in [6.45, 7) is 1.98. The Morgan fingerprint density at radius 3 is 2.15 bits per heavy atom. The van der Waals surface area contributed by atoms with Crippen LogP contribution >= 0.6 is 0 Å². The Bertz CT molecular complexity index is 1350. The lowest BCUT2D eigenvalue weighted by Crippen LogP contribution is -2.48. The number of methoxy groups -OCH3 is 1. The normalized spacial score (nSPS) is 23.6. The summed E-state index contributed by atoms with van der Waals surface area (Å²) >= 11 is 0. The summed E-state index contributed by atoms with van der Waals surface area (Å²) in [5.41, 5.74) is 2.95. The fraction of sp³-hybridized carbons (Fsp3) is 0.207. The van der Waals surface area contributed by atoms with Crippen molar-refractivity contribution in [2.75, 3.05) is 12.0 Å². The molecule has 0 aromatic heterocycles. The van der Waals surface area contributed by atoms with Gasteiger partial charge in [0, 0.05) is 22.7 Å². The summed E-state index contributed by atoms with van der Waals surface area (Å²) in [5.74, 6) is -1.64. The van der Waals surface area contributed by atoms with Crippen LogP contribution in [0.15, 0.2) is 78.9 Å². The zero-order valence-corrected chi connectivity index (χ0v) is 18.9. The monoisotopic (exact) mass is 449 g/mol. The zero-order valence-electron chi connectivity index (χ0n) is 18.9. The number of nitrogens with zero attached hydrogens (tertiary/aromatic N) is 1. The molecule has 0 radical (unpaired) electrons. The van der Waals surface area contributed by atoms with E-state index in [1.807, 2.05) is 72.5 Å². The predicted octanol–water partition coefficient (Wildman–Crippen LogP) is 4.60. The van der Waals surface area contributed by atoms with Crippen molar-refractivity contribution in [3.63, 3.8) is 0 Å². The Balaban J connectivity index is 1.69. The number of carbonyl (C=O) groups excluding carboxylic acids is 3. The Hall–Kier alpha value is -3.99. The molecule has 0 saturated carbocycles. The van der Waals surface area contributed by atoms with Gasteiger partial charge >= 0.3 is 5.97 Å². The molecule has 6 rings (SSSR count). The van der Waals surface area contributed by atoms with Gasteiger partial charge in [0.2, 0.25) is 0 Å². The molecule has 3 aliphatic rings. The first kappa shape index (κ1) is 20.6. The molecular weight excluding hydrogens is 426 g/mol. The molecule has 0 N–H and O–H groups in total. The van der Waals surface area contributed by atoms with Crippen molar-refractivity contribution in [2.24, 2.45) is 5.41 Å². The smallest absolute Gasteiger partial charge is 0.329 e. The quantitative estimate of drug-likeness (QED) is 0.423. The van der Waals surface area contributed by atoms with E-state index in [2.05, 4.69) is 0 Å². The van der Waals surface area contributed by atoms with Gasteiger partial charge in [-0.15, -0.1) is 0 Å². The number of aryl methyl sites for hydroxylation is 1. The lowest BCUT2D eigenvalue weighted by atomic mass is 9.64. The van der Waals surface area contributed by atoms with E-state index in [-0.39, 0.29) is 11.6 Å². The molecule has 1 aliphatic carbocycles. The van der Waals surface area contributed by atoms with Crippen molar-refractivity contribution in [2.45, 2.75) is 24.9 Å². The molecule has 3 aromatic rings. The standard InChI is InChI=1S/C29H23NO4/c1-17-11-13-19(14-12-17)24-25(28(33)34-2)30-22-10-6-3-7-18(22)15-16-23(30)29(24)26(31)20-8-4-5-9-21(20)27(29)32/h3-16,23-25H,1-2H3/t23-,24-,25-/m1/s1. The average molecular weight is 450 g/mol. The SMILES string of the molecule is COC(=O)[C@H]1[C@@H](c2ccc(C)cc2)C2(C(=O)c3ccccc3C2=O)[C@H]2C=Cc3ccccc3N12. The third-order valence-electron chi connectivity index (χ3n) is 7.59. The maximum Gasteiger partial charge on any atom is 0.329 e. The van der Waals surface area contributed by atoms with Crippen LogP contribution in [-0.4, -0.2) is 36.7 Å². The lowest BCUT2D eigenvalue weighted by Gasteiger charge is -2.36. The number of hydrogen-bond donors (Lipinski definition) is 0. The molecule has 1 fully saturated rings. The van der Waals surface area contributed by atoms with Crippen LogP contribution in [0.2, 0.25) is 0 Å². The van der Waals surface area contributed by atoms with E-state index in [1.165, 1.54) is 7.11 Å². The number of benzene rings is 3. The number of Topliss-reactive ketones (excluding diaryl/α,β-unsaturated/α-hetero) is 2. The first-order valence-electron chi connectivity index (χ1n) is 11.4. The van der Waals surface area contributed by atoms with Gasteiger partial charge in [0.25, 0.3) is 0 Å². The molecule has 5 heteroatoms. The number of carbonyl (C=O) groups is 3. The van der Waals surface area contributed by atoms with E-state index in [0.717, 1.165) is 22.4 Å². The molecule has 0 amide bonds. The highest BCUT2D eigenvalue weighted by Gasteiger charge is 2.71. The van der Waals surface area contributed by atoms with Crippen LogP contribution in [0.4, 0.5) is 5.69 Å². The number of fused-ring (bicyclic) bond motifs is 5. The van der Waals surface area contributed by atoms with E-state index in [4.69, 9.17) is 4.74 Å². The third kappa shape index (κ3) is 2.47. The van der Waals surface area contributed by atoms with Crippen LogP contribution in [0, 0.1) is 12.3 Å². The van der Waals surface area contributed by atoms with E-state index in [1.54, 1.807) is 24.3 Å². The Morgan fingerprint density at radius 1 is 0.882 bits per heavy atom. The molecule has 3 atom stereocenters. The largest absolute Gasteiger partial charge is 0.467 e. The van der Waals surface area contributed by atoms with Crippen molar-refractivity contribution in [1.82, 2.24) is 0 Å². The van der Waals surface area contributed by atoms with Crippen LogP contribution in [0.25, 0.3) is 6.08 Å². The molecule has 2 aliphatic heterocycles. The van der Waals surface area contributed by atoms with Gasteiger partial charge in [-0.3, -0.25) is 9.59 Å². The van der Waals surface area contributed by atoms with Crippen LogP contribution in [0.1, 0.15) is 43.3 Å². The number of rotatable bonds is 2. The molecule has 2 heterocycles. The number of esters is 1. The average Bonchev–Trinajstić information content (AvgIpc) is 3.31. The van der Waals surface area contributed by atoms with Crippen LogP contribution < -0.4 is 4.90 Å².